The number of amides is 1. The number of nitrogens with two attached hydrogens (primary N) is 1. The van der Waals surface area contributed by atoms with Crippen LogP contribution in [-0.4, -0.2) is 29.9 Å². The molecule has 0 unspecified atom stereocenters. The maximum Gasteiger partial charge on any atom is 0.246 e. The molecule has 0 radical (unpaired) electrons. The molecule has 0 bridgehead atoms. The van der Waals surface area contributed by atoms with Gasteiger partial charge >= 0.3 is 0 Å². The van der Waals surface area contributed by atoms with Crippen molar-refractivity contribution in [3.63, 3.8) is 0 Å². The Morgan fingerprint density at radius 1 is 1.62 bits per heavy atom. The number of carbonyl (C=O) groups is 1. The molecule has 1 fully saturated rings. The molecule has 1 rings (SSSR count). The lowest BCUT2D eigenvalue weighted by Gasteiger charge is -2.21. The maximum absolute atomic E-state index is 11.6. The highest BCUT2D eigenvalue weighted by Gasteiger charge is 2.25. The van der Waals surface area contributed by atoms with Gasteiger partial charge in [-0.1, -0.05) is 5.57 Å². The van der Waals surface area contributed by atoms with Gasteiger partial charge in [-0.2, -0.15) is 0 Å². The number of nitrogens with zero attached hydrogens (tertiary/aromatic N) is 1. The molecule has 3 heteroatoms. The van der Waals surface area contributed by atoms with Crippen molar-refractivity contribution in [3.8, 4) is 0 Å². The highest BCUT2D eigenvalue weighted by molar-refractivity contribution is 5.88. The van der Waals surface area contributed by atoms with Crippen LogP contribution in [-0.2, 0) is 4.79 Å². The molecule has 1 atom stereocenters. The normalized spacial score (nSPS) is 21.8. The third kappa shape index (κ3) is 2.56. The van der Waals surface area contributed by atoms with Gasteiger partial charge in [0, 0.05) is 25.2 Å². The number of rotatable bonds is 2. The summed E-state index contributed by atoms with van der Waals surface area (Å²) in [6.45, 7) is 5.32. The van der Waals surface area contributed by atoms with Crippen molar-refractivity contribution in [2.45, 2.75) is 32.7 Å². The Balaban J connectivity index is 2.60. The van der Waals surface area contributed by atoms with E-state index in [1.165, 1.54) is 0 Å². The van der Waals surface area contributed by atoms with Crippen LogP contribution in [0.3, 0.4) is 0 Å². The van der Waals surface area contributed by atoms with E-state index >= 15 is 0 Å². The van der Waals surface area contributed by atoms with Crippen molar-refractivity contribution < 1.29 is 4.79 Å². The van der Waals surface area contributed by atoms with Crippen molar-refractivity contribution in [2.75, 3.05) is 13.1 Å². The third-order valence-corrected chi connectivity index (χ3v) is 2.34. The lowest BCUT2D eigenvalue weighted by atomic mass is 10.2. The summed E-state index contributed by atoms with van der Waals surface area (Å²) in [5.74, 6) is 0.118. The van der Waals surface area contributed by atoms with Crippen LogP contribution in [0.4, 0.5) is 0 Å². The van der Waals surface area contributed by atoms with Crippen molar-refractivity contribution in [1.29, 1.82) is 0 Å². The minimum Gasteiger partial charge on any atom is -0.335 e. The summed E-state index contributed by atoms with van der Waals surface area (Å²) < 4.78 is 0. The molecule has 0 aromatic rings. The van der Waals surface area contributed by atoms with E-state index in [-0.39, 0.29) is 11.9 Å². The molecule has 1 aliphatic heterocycles. The highest BCUT2D eigenvalue weighted by atomic mass is 16.2. The summed E-state index contributed by atoms with van der Waals surface area (Å²) >= 11 is 0. The van der Waals surface area contributed by atoms with E-state index in [0.29, 0.717) is 6.54 Å². The van der Waals surface area contributed by atoms with E-state index in [4.69, 9.17) is 5.73 Å². The Bertz CT molecular complexity index is 219. The maximum atomic E-state index is 11.6. The largest absolute Gasteiger partial charge is 0.335 e. The molecule has 0 saturated carbocycles. The van der Waals surface area contributed by atoms with Gasteiger partial charge in [-0.25, -0.2) is 0 Å². The average Bonchev–Trinajstić information content (AvgIpc) is 2.49. The van der Waals surface area contributed by atoms with Gasteiger partial charge in [-0.05, 0) is 26.7 Å². The molecule has 13 heavy (non-hydrogen) atoms. The zero-order valence-corrected chi connectivity index (χ0v) is 8.42. The Labute approximate surface area is 79.6 Å². The van der Waals surface area contributed by atoms with Gasteiger partial charge in [-0.3, -0.25) is 4.79 Å². The smallest absolute Gasteiger partial charge is 0.246 e. The van der Waals surface area contributed by atoms with E-state index in [9.17, 15) is 4.79 Å². The fourth-order valence-corrected chi connectivity index (χ4v) is 1.70. The van der Waals surface area contributed by atoms with Crippen molar-refractivity contribution in [2.24, 2.45) is 5.73 Å². The lowest BCUT2D eigenvalue weighted by Crippen LogP contribution is -2.39. The first-order valence-electron chi connectivity index (χ1n) is 4.80. The number of likely N-dealkylation sites (tertiary alicyclic amines) is 1. The van der Waals surface area contributed by atoms with Crippen molar-refractivity contribution in [1.82, 2.24) is 4.90 Å². The van der Waals surface area contributed by atoms with Crippen molar-refractivity contribution >= 4 is 5.91 Å². The van der Waals surface area contributed by atoms with Gasteiger partial charge in [0.25, 0.3) is 0 Å². The minimum atomic E-state index is 0.118. The Kier molecular flexibility index (Phi) is 3.48. The molecule has 0 aliphatic carbocycles. The average molecular weight is 182 g/mol. The van der Waals surface area contributed by atoms with E-state index in [1.54, 1.807) is 6.08 Å². The van der Waals surface area contributed by atoms with Crippen LogP contribution in [0, 0.1) is 0 Å². The van der Waals surface area contributed by atoms with Crippen LogP contribution >= 0.6 is 0 Å². The number of hydrogen-bond donors (Lipinski definition) is 1. The topological polar surface area (TPSA) is 46.3 Å². The second kappa shape index (κ2) is 4.42. The predicted octanol–water partition coefficient (Wildman–Crippen LogP) is 0.902. The number of hydrogen-bond acceptors (Lipinski definition) is 2. The van der Waals surface area contributed by atoms with Crippen LogP contribution in [0.5, 0.6) is 0 Å². The van der Waals surface area contributed by atoms with E-state index in [2.05, 4.69) is 0 Å². The first-order valence-corrected chi connectivity index (χ1v) is 4.80. The lowest BCUT2D eigenvalue weighted by molar-refractivity contribution is -0.126. The molecular weight excluding hydrogens is 164 g/mol. The van der Waals surface area contributed by atoms with E-state index in [1.807, 2.05) is 18.7 Å². The molecule has 1 heterocycles. The summed E-state index contributed by atoms with van der Waals surface area (Å²) in [5, 5.41) is 0. The quantitative estimate of drug-likeness (QED) is 0.645. The van der Waals surface area contributed by atoms with Gasteiger partial charge in [0.05, 0.1) is 0 Å². The van der Waals surface area contributed by atoms with Gasteiger partial charge in [0.1, 0.15) is 0 Å². The van der Waals surface area contributed by atoms with Crippen LogP contribution in [0.1, 0.15) is 26.7 Å². The molecule has 74 valence electrons. The summed E-state index contributed by atoms with van der Waals surface area (Å²) in [6.07, 6.45) is 3.83. The van der Waals surface area contributed by atoms with E-state index < -0.39 is 0 Å². The van der Waals surface area contributed by atoms with Crippen LogP contribution in [0.15, 0.2) is 11.6 Å². The molecule has 0 aromatic heterocycles. The fraction of sp³-hybridized carbons (Fsp3) is 0.700. The Morgan fingerprint density at radius 3 is 2.85 bits per heavy atom. The molecule has 3 nitrogen and oxygen atoms in total. The fourth-order valence-electron chi connectivity index (χ4n) is 1.70. The number of allylic oxidation sites excluding steroid dienone is 1. The molecule has 1 amide bonds. The zero-order valence-electron chi connectivity index (χ0n) is 8.42. The SMILES string of the molecule is CC(C)=CC(=O)N1CCC[C@H]1CN. The second-order valence-corrected chi connectivity index (χ2v) is 3.79. The van der Waals surface area contributed by atoms with Crippen LogP contribution < -0.4 is 5.73 Å². The minimum absolute atomic E-state index is 0.118. The van der Waals surface area contributed by atoms with Gasteiger partial charge in [-0.15, -0.1) is 0 Å². The summed E-state index contributed by atoms with van der Waals surface area (Å²) in [5.41, 5.74) is 6.63. The molecular formula is C10H18N2O. The monoisotopic (exact) mass is 182 g/mol. The van der Waals surface area contributed by atoms with Gasteiger partial charge in [0.15, 0.2) is 0 Å². The zero-order chi connectivity index (χ0) is 9.84. The Morgan fingerprint density at radius 2 is 2.31 bits per heavy atom. The Hall–Kier alpha value is -0.830. The first kappa shape index (κ1) is 10.3. The molecule has 0 spiro atoms. The predicted molar refractivity (Wildman–Crippen MR) is 53.2 cm³/mol. The number of carbonyl (C=O) groups excluding carboxylic acids is 1. The summed E-state index contributed by atoms with van der Waals surface area (Å²) in [6, 6.07) is 0.267. The molecule has 1 aliphatic rings. The third-order valence-electron chi connectivity index (χ3n) is 2.34. The van der Waals surface area contributed by atoms with Crippen LogP contribution in [0.2, 0.25) is 0 Å². The first-order chi connectivity index (χ1) is 6.15. The summed E-state index contributed by atoms with van der Waals surface area (Å²) in [7, 11) is 0. The molecule has 2 N–H and O–H groups in total. The van der Waals surface area contributed by atoms with Crippen molar-refractivity contribution in [3.05, 3.63) is 11.6 Å². The standard InChI is InChI=1S/C10H18N2O/c1-8(2)6-10(13)12-5-3-4-9(12)7-11/h6,9H,3-5,7,11H2,1-2H3/t9-/m0/s1. The van der Waals surface area contributed by atoms with Gasteiger partial charge in [0.2, 0.25) is 5.91 Å². The van der Waals surface area contributed by atoms with E-state index in [0.717, 1.165) is 25.0 Å². The molecule has 0 aromatic carbocycles. The van der Waals surface area contributed by atoms with Crippen LogP contribution in [0.25, 0.3) is 0 Å². The second-order valence-electron chi connectivity index (χ2n) is 3.79. The van der Waals surface area contributed by atoms with Gasteiger partial charge < -0.3 is 10.6 Å². The molecule has 1 saturated heterocycles. The summed E-state index contributed by atoms with van der Waals surface area (Å²) in [4.78, 5) is 13.5. The highest BCUT2D eigenvalue weighted by Crippen LogP contribution is 2.16.